The Morgan fingerprint density at radius 1 is 1.26 bits per heavy atom. The molecule has 9 heteroatoms. The van der Waals surface area contributed by atoms with Gasteiger partial charge in [-0.25, -0.2) is 8.42 Å². The summed E-state index contributed by atoms with van der Waals surface area (Å²) in [6, 6.07) is 12.4. The van der Waals surface area contributed by atoms with Gasteiger partial charge in [0.1, 0.15) is 5.71 Å². The second-order valence-corrected chi connectivity index (χ2v) is 10.2. The van der Waals surface area contributed by atoms with Gasteiger partial charge in [0, 0.05) is 26.2 Å². The largest absolute Gasteiger partial charge is 0.387 e. The topological polar surface area (TPSA) is 92.2 Å². The molecule has 3 heterocycles. The molecule has 4 rings (SSSR count). The lowest BCUT2D eigenvalue weighted by molar-refractivity contribution is -0.123. The quantitative estimate of drug-likeness (QED) is 0.709. The molecule has 1 saturated heterocycles. The minimum Gasteiger partial charge on any atom is -0.387 e. The van der Waals surface area contributed by atoms with E-state index in [0.29, 0.717) is 31.6 Å². The van der Waals surface area contributed by atoms with E-state index in [0.717, 1.165) is 11.3 Å². The van der Waals surface area contributed by atoms with Crippen LogP contribution in [0.3, 0.4) is 0 Å². The van der Waals surface area contributed by atoms with Crippen LogP contribution in [0.4, 0.5) is 0 Å². The van der Waals surface area contributed by atoms with Crippen LogP contribution in [-0.4, -0.2) is 60.0 Å². The molecule has 8 nitrogen and oxygen atoms in total. The first kappa shape index (κ1) is 21.5. The van der Waals surface area contributed by atoms with E-state index in [1.807, 2.05) is 31.2 Å². The summed E-state index contributed by atoms with van der Waals surface area (Å²) >= 11 is 0. The van der Waals surface area contributed by atoms with E-state index in [1.54, 1.807) is 36.3 Å². The van der Waals surface area contributed by atoms with Gasteiger partial charge < -0.3 is 9.74 Å². The Kier molecular flexibility index (Phi) is 5.81. The fraction of sp³-hybridized carbons (Fsp3) is 0.409. The van der Waals surface area contributed by atoms with E-state index in [4.69, 9.17) is 4.84 Å². The molecule has 0 radical (unpaired) electrons. The number of sulfonamides is 1. The normalized spacial score (nSPS) is 21.5. The third-order valence-electron chi connectivity index (χ3n) is 5.69. The number of hydrogen-bond donors (Lipinski definition) is 0. The van der Waals surface area contributed by atoms with Crippen LogP contribution in [0.1, 0.15) is 30.5 Å². The van der Waals surface area contributed by atoms with Crippen molar-refractivity contribution in [1.29, 1.82) is 0 Å². The predicted molar refractivity (Wildman–Crippen MR) is 116 cm³/mol. The summed E-state index contributed by atoms with van der Waals surface area (Å²) in [6.07, 6.45) is 3.27. The molecule has 31 heavy (non-hydrogen) atoms. The van der Waals surface area contributed by atoms with Gasteiger partial charge in [0.25, 0.3) is 5.91 Å². The number of piperidine rings is 1. The molecule has 0 aliphatic carbocycles. The van der Waals surface area contributed by atoms with E-state index >= 15 is 0 Å². The Hall–Kier alpha value is -2.78. The van der Waals surface area contributed by atoms with Crippen molar-refractivity contribution in [3.8, 4) is 0 Å². The van der Waals surface area contributed by atoms with Crippen LogP contribution in [0.15, 0.2) is 58.7 Å². The average molecular weight is 443 g/mol. The van der Waals surface area contributed by atoms with Crippen molar-refractivity contribution in [2.45, 2.75) is 43.2 Å². The van der Waals surface area contributed by atoms with Gasteiger partial charge in [-0.05, 0) is 49.6 Å². The van der Waals surface area contributed by atoms with Crippen LogP contribution < -0.4 is 0 Å². The van der Waals surface area contributed by atoms with Crippen LogP contribution in [0, 0.1) is 6.92 Å². The number of aryl methyl sites for hydroxylation is 1. The van der Waals surface area contributed by atoms with Crippen molar-refractivity contribution in [1.82, 2.24) is 14.2 Å². The molecule has 2 aliphatic rings. The average Bonchev–Trinajstić information content (AvgIpc) is 3.17. The molecule has 0 bridgehead atoms. The summed E-state index contributed by atoms with van der Waals surface area (Å²) < 4.78 is 27.8. The maximum absolute atomic E-state index is 13.2. The first-order valence-electron chi connectivity index (χ1n) is 10.3. The summed E-state index contributed by atoms with van der Waals surface area (Å²) in [6.45, 7) is 2.82. The smallest absolute Gasteiger partial charge is 0.271 e. The standard InChI is InChI=1S/C22H26N4O4S/c1-17-7-5-9-19(13-17)31(28,29)26-12-6-10-22(16-26)14-20(24-30-22)21(27)25(2)15-18-8-3-4-11-23-18/h3-5,7-9,11,13H,6,10,12,14-16H2,1-2H3. The Bertz CT molecular complexity index is 1100. The van der Waals surface area contributed by atoms with E-state index in [9.17, 15) is 13.2 Å². The third kappa shape index (κ3) is 4.47. The molecule has 1 fully saturated rings. The number of rotatable bonds is 5. The molecule has 0 saturated carbocycles. The molecule has 1 aromatic carbocycles. The molecule has 1 unspecified atom stereocenters. The van der Waals surface area contributed by atoms with E-state index in [1.165, 1.54) is 4.31 Å². The lowest BCUT2D eigenvalue weighted by Crippen LogP contribution is -2.50. The summed E-state index contributed by atoms with van der Waals surface area (Å²) in [5.41, 5.74) is 1.18. The minimum atomic E-state index is -3.64. The lowest BCUT2D eigenvalue weighted by Gasteiger charge is -2.37. The van der Waals surface area contributed by atoms with Crippen molar-refractivity contribution in [3.05, 3.63) is 59.9 Å². The van der Waals surface area contributed by atoms with Crippen LogP contribution in [0.2, 0.25) is 0 Å². The van der Waals surface area contributed by atoms with Gasteiger partial charge in [0.15, 0.2) is 5.60 Å². The highest BCUT2D eigenvalue weighted by molar-refractivity contribution is 7.89. The summed E-state index contributed by atoms with van der Waals surface area (Å²) in [7, 11) is -1.95. The SMILES string of the molecule is Cc1cccc(S(=O)(=O)N2CCCC3(CC(C(=O)N(C)Cc4ccccn4)=NO3)C2)c1. The van der Waals surface area contributed by atoms with E-state index < -0.39 is 15.6 Å². The highest BCUT2D eigenvalue weighted by Crippen LogP contribution is 2.36. The molecule has 1 amide bonds. The molecule has 2 aromatic rings. The molecule has 1 spiro atoms. The van der Waals surface area contributed by atoms with E-state index in [2.05, 4.69) is 10.1 Å². The number of oxime groups is 1. The van der Waals surface area contributed by atoms with Gasteiger partial charge >= 0.3 is 0 Å². The van der Waals surface area contributed by atoms with Crippen molar-refractivity contribution in [2.24, 2.45) is 5.16 Å². The maximum atomic E-state index is 13.2. The lowest BCUT2D eigenvalue weighted by atomic mass is 9.89. The number of nitrogens with zero attached hydrogens (tertiary/aromatic N) is 4. The van der Waals surface area contributed by atoms with Crippen molar-refractivity contribution >= 4 is 21.6 Å². The predicted octanol–water partition coefficient (Wildman–Crippen LogP) is 2.35. The summed E-state index contributed by atoms with van der Waals surface area (Å²) in [5.74, 6) is -0.235. The maximum Gasteiger partial charge on any atom is 0.271 e. The van der Waals surface area contributed by atoms with Crippen molar-refractivity contribution in [2.75, 3.05) is 20.1 Å². The van der Waals surface area contributed by atoms with Gasteiger partial charge in [-0.3, -0.25) is 9.78 Å². The second-order valence-electron chi connectivity index (χ2n) is 8.23. The van der Waals surface area contributed by atoms with Crippen LogP contribution in [0.5, 0.6) is 0 Å². The molecular weight excluding hydrogens is 416 g/mol. The second kappa shape index (κ2) is 8.39. The first-order chi connectivity index (χ1) is 14.8. The number of benzene rings is 1. The Labute approximate surface area is 182 Å². The third-order valence-corrected chi connectivity index (χ3v) is 7.53. The number of hydrogen-bond acceptors (Lipinski definition) is 6. The zero-order valence-electron chi connectivity index (χ0n) is 17.7. The molecule has 1 aromatic heterocycles. The van der Waals surface area contributed by atoms with Gasteiger partial charge in [-0.15, -0.1) is 0 Å². The number of pyridine rings is 1. The van der Waals surface area contributed by atoms with Crippen LogP contribution in [0.25, 0.3) is 0 Å². The molecule has 2 aliphatic heterocycles. The fourth-order valence-electron chi connectivity index (χ4n) is 4.07. The highest BCUT2D eigenvalue weighted by atomic mass is 32.2. The minimum absolute atomic E-state index is 0.174. The van der Waals surface area contributed by atoms with Crippen molar-refractivity contribution < 1.29 is 18.0 Å². The van der Waals surface area contributed by atoms with Crippen molar-refractivity contribution in [3.63, 3.8) is 0 Å². The Morgan fingerprint density at radius 2 is 2.10 bits per heavy atom. The zero-order valence-corrected chi connectivity index (χ0v) is 18.5. The summed E-state index contributed by atoms with van der Waals surface area (Å²) in [5, 5.41) is 4.06. The Morgan fingerprint density at radius 3 is 2.84 bits per heavy atom. The van der Waals surface area contributed by atoms with E-state index in [-0.39, 0.29) is 23.8 Å². The first-order valence-corrected chi connectivity index (χ1v) is 11.7. The molecule has 0 N–H and O–H groups in total. The monoisotopic (exact) mass is 442 g/mol. The van der Waals surface area contributed by atoms with Gasteiger partial charge in [0.05, 0.1) is 23.7 Å². The molecular formula is C22H26N4O4S. The Balaban J connectivity index is 1.44. The number of aromatic nitrogens is 1. The zero-order chi connectivity index (χ0) is 22.1. The number of carbonyl (C=O) groups is 1. The van der Waals surface area contributed by atoms with Crippen LogP contribution >= 0.6 is 0 Å². The van der Waals surface area contributed by atoms with Gasteiger partial charge in [-0.1, -0.05) is 23.4 Å². The molecule has 164 valence electrons. The summed E-state index contributed by atoms with van der Waals surface area (Å²) in [4.78, 5) is 24.7. The van der Waals surface area contributed by atoms with Gasteiger partial charge in [0.2, 0.25) is 10.0 Å². The fourth-order valence-corrected chi connectivity index (χ4v) is 5.73. The highest BCUT2D eigenvalue weighted by Gasteiger charge is 2.47. The number of carbonyl (C=O) groups excluding carboxylic acids is 1. The van der Waals surface area contributed by atoms with Crippen LogP contribution in [-0.2, 0) is 26.2 Å². The molecule has 1 atom stereocenters. The number of amides is 1. The van der Waals surface area contributed by atoms with Gasteiger partial charge in [-0.2, -0.15) is 4.31 Å².